The monoisotopic (exact) mass is 222 g/mol. The highest BCUT2D eigenvalue weighted by Gasteiger charge is 2.15. The molecule has 1 amide bonds. The highest BCUT2D eigenvalue weighted by molar-refractivity contribution is 5.79. The molecule has 1 rings (SSSR count). The predicted molar refractivity (Wildman–Crippen MR) is 64.1 cm³/mol. The molecule has 4 nitrogen and oxygen atoms in total. The van der Waals surface area contributed by atoms with Crippen molar-refractivity contribution in [2.24, 2.45) is 5.73 Å². The second-order valence-electron chi connectivity index (χ2n) is 3.64. The van der Waals surface area contributed by atoms with Crippen molar-refractivity contribution in [1.82, 2.24) is 0 Å². The van der Waals surface area contributed by atoms with Crippen molar-refractivity contribution < 1.29 is 9.53 Å². The Morgan fingerprint density at radius 2 is 2.12 bits per heavy atom. The van der Waals surface area contributed by atoms with Gasteiger partial charge in [-0.1, -0.05) is 19.9 Å². The number of hydrogen-bond acceptors (Lipinski definition) is 3. The Morgan fingerprint density at radius 3 is 2.56 bits per heavy atom. The van der Waals surface area contributed by atoms with Crippen molar-refractivity contribution in [2.45, 2.75) is 32.8 Å². The second kappa shape index (κ2) is 5.39. The smallest absolute Gasteiger partial charge is 0.258 e. The second-order valence-corrected chi connectivity index (χ2v) is 3.64. The summed E-state index contributed by atoms with van der Waals surface area (Å²) in [6.45, 7) is 3.89. The van der Waals surface area contributed by atoms with Gasteiger partial charge in [0.25, 0.3) is 5.91 Å². The van der Waals surface area contributed by atoms with E-state index in [1.54, 1.807) is 6.07 Å². The number of aryl methyl sites for hydroxylation is 1. The highest BCUT2D eigenvalue weighted by atomic mass is 16.5. The summed E-state index contributed by atoms with van der Waals surface area (Å²) >= 11 is 0. The molecule has 0 saturated carbocycles. The first-order valence-corrected chi connectivity index (χ1v) is 5.42. The Labute approximate surface area is 95.6 Å². The zero-order valence-corrected chi connectivity index (χ0v) is 9.69. The molecule has 4 heteroatoms. The van der Waals surface area contributed by atoms with Gasteiger partial charge in [0.1, 0.15) is 5.75 Å². The third kappa shape index (κ3) is 2.89. The number of rotatable bonds is 5. The molecule has 0 heterocycles. The number of primary amides is 1. The summed E-state index contributed by atoms with van der Waals surface area (Å²) in [5.74, 6) is 0.0457. The van der Waals surface area contributed by atoms with Gasteiger partial charge in [-0.15, -0.1) is 0 Å². The van der Waals surface area contributed by atoms with Gasteiger partial charge < -0.3 is 16.2 Å². The maximum atomic E-state index is 11.0. The van der Waals surface area contributed by atoms with Crippen LogP contribution >= 0.6 is 0 Å². The van der Waals surface area contributed by atoms with E-state index in [1.165, 1.54) is 0 Å². The lowest BCUT2D eigenvalue weighted by atomic mass is 10.1. The van der Waals surface area contributed by atoms with Gasteiger partial charge in [0.15, 0.2) is 6.10 Å². The van der Waals surface area contributed by atoms with Crippen LogP contribution < -0.4 is 16.2 Å². The lowest BCUT2D eigenvalue weighted by Crippen LogP contribution is -2.33. The summed E-state index contributed by atoms with van der Waals surface area (Å²) in [6.07, 6.45) is 0.830. The maximum Gasteiger partial charge on any atom is 0.258 e. The average Bonchev–Trinajstić information content (AvgIpc) is 2.26. The molecule has 1 atom stereocenters. The summed E-state index contributed by atoms with van der Waals surface area (Å²) in [7, 11) is 0. The number of benzene rings is 1. The molecule has 88 valence electrons. The molecule has 0 bridgehead atoms. The molecule has 1 unspecified atom stereocenters. The van der Waals surface area contributed by atoms with Crippen LogP contribution in [0.15, 0.2) is 18.2 Å². The molecule has 4 N–H and O–H groups in total. The van der Waals surface area contributed by atoms with Crippen molar-refractivity contribution in [3.63, 3.8) is 0 Å². The molecular formula is C12H18N2O2. The predicted octanol–water partition coefficient (Wildman–Crippen LogP) is 1.47. The first kappa shape index (κ1) is 12.4. The van der Waals surface area contributed by atoms with Gasteiger partial charge in [-0.2, -0.15) is 0 Å². The number of nitrogens with two attached hydrogens (primary N) is 2. The van der Waals surface area contributed by atoms with E-state index in [1.807, 2.05) is 26.0 Å². The Kier molecular flexibility index (Phi) is 4.17. The van der Waals surface area contributed by atoms with Crippen LogP contribution in [0.4, 0.5) is 5.69 Å². The molecule has 16 heavy (non-hydrogen) atoms. The zero-order chi connectivity index (χ0) is 12.1. The normalized spacial score (nSPS) is 12.1. The van der Waals surface area contributed by atoms with Crippen LogP contribution in [0.3, 0.4) is 0 Å². The van der Waals surface area contributed by atoms with Crippen LogP contribution in [0.5, 0.6) is 5.75 Å². The van der Waals surface area contributed by atoms with Gasteiger partial charge in [0.2, 0.25) is 0 Å². The molecule has 0 aliphatic rings. The zero-order valence-electron chi connectivity index (χ0n) is 9.69. The summed E-state index contributed by atoms with van der Waals surface area (Å²) in [6, 6.07) is 5.56. The van der Waals surface area contributed by atoms with Crippen molar-refractivity contribution in [2.75, 3.05) is 5.73 Å². The number of amides is 1. The third-order valence-corrected chi connectivity index (χ3v) is 2.44. The molecule has 0 fully saturated rings. The van der Waals surface area contributed by atoms with E-state index < -0.39 is 12.0 Å². The van der Waals surface area contributed by atoms with Crippen molar-refractivity contribution in [1.29, 1.82) is 0 Å². The Hall–Kier alpha value is -1.71. The average molecular weight is 222 g/mol. The lowest BCUT2D eigenvalue weighted by molar-refractivity contribution is -0.124. The fourth-order valence-corrected chi connectivity index (χ4v) is 1.42. The summed E-state index contributed by atoms with van der Waals surface area (Å²) in [4.78, 5) is 11.0. The van der Waals surface area contributed by atoms with Crippen LogP contribution in [0, 0.1) is 0 Å². The van der Waals surface area contributed by atoms with Gasteiger partial charge in [0.05, 0.1) is 5.69 Å². The molecular weight excluding hydrogens is 204 g/mol. The Bertz CT molecular complexity index is 377. The quantitative estimate of drug-likeness (QED) is 0.740. The molecule has 1 aromatic rings. The first-order valence-electron chi connectivity index (χ1n) is 5.42. The highest BCUT2D eigenvalue weighted by Crippen LogP contribution is 2.24. The topological polar surface area (TPSA) is 78.3 Å². The molecule has 0 aliphatic heterocycles. The van der Waals surface area contributed by atoms with E-state index in [0.29, 0.717) is 17.9 Å². The Morgan fingerprint density at radius 1 is 1.44 bits per heavy atom. The fraction of sp³-hybridized carbons (Fsp3) is 0.417. The SMILES string of the molecule is CCc1ccc(OC(CC)C(N)=O)c(N)c1. The van der Waals surface area contributed by atoms with E-state index in [2.05, 4.69) is 0 Å². The number of ether oxygens (including phenoxy) is 1. The number of hydrogen-bond donors (Lipinski definition) is 2. The fourth-order valence-electron chi connectivity index (χ4n) is 1.42. The lowest BCUT2D eigenvalue weighted by Gasteiger charge is -2.16. The van der Waals surface area contributed by atoms with Gasteiger partial charge in [-0.25, -0.2) is 0 Å². The maximum absolute atomic E-state index is 11.0. The molecule has 1 aromatic carbocycles. The summed E-state index contributed by atoms with van der Waals surface area (Å²) in [5, 5.41) is 0. The number of carbonyl (C=O) groups excluding carboxylic acids is 1. The molecule has 0 aliphatic carbocycles. The van der Waals surface area contributed by atoms with Gasteiger partial charge in [0, 0.05) is 0 Å². The summed E-state index contributed by atoms with van der Waals surface area (Å²) in [5.41, 5.74) is 12.7. The van der Waals surface area contributed by atoms with Gasteiger partial charge >= 0.3 is 0 Å². The van der Waals surface area contributed by atoms with Crippen LogP contribution in [0.25, 0.3) is 0 Å². The van der Waals surface area contributed by atoms with Crippen LogP contribution in [-0.4, -0.2) is 12.0 Å². The van der Waals surface area contributed by atoms with Gasteiger partial charge in [-0.3, -0.25) is 4.79 Å². The number of anilines is 1. The molecule has 0 radical (unpaired) electrons. The van der Waals surface area contributed by atoms with Crippen LogP contribution in [-0.2, 0) is 11.2 Å². The minimum absolute atomic E-state index is 0.471. The van der Waals surface area contributed by atoms with E-state index in [9.17, 15) is 4.79 Å². The summed E-state index contributed by atoms with van der Waals surface area (Å²) < 4.78 is 5.46. The van der Waals surface area contributed by atoms with Crippen molar-refractivity contribution in [3.05, 3.63) is 23.8 Å². The number of carbonyl (C=O) groups is 1. The van der Waals surface area contributed by atoms with Crippen LogP contribution in [0.2, 0.25) is 0 Å². The van der Waals surface area contributed by atoms with E-state index in [0.717, 1.165) is 12.0 Å². The van der Waals surface area contributed by atoms with E-state index in [-0.39, 0.29) is 0 Å². The first-order chi connectivity index (χ1) is 7.58. The van der Waals surface area contributed by atoms with Crippen molar-refractivity contribution >= 4 is 11.6 Å². The Balaban J connectivity index is 2.84. The minimum atomic E-state index is -0.616. The molecule has 0 spiro atoms. The number of nitrogen functional groups attached to an aromatic ring is 1. The van der Waals surface area contributed by atoms with E-state index in [4.69, 9.17) is 16.2 Å². The molecule has 0 aromatic heterocycles. The van der Waals surface area contributed by atoms with Crippen LogP contribution in [0.1, 0.15) is 25.8 Å². The van der Waals surface area contributed by atoms with Gasteiger partial charge in [-0.05, 0) is 30.5 Å². The standard InChI is InChI=1S/C12H18N2O2/c1-3-8-5-6-11(9(13)7-8)16-10(4-2)12(14)15/h5-7,10H,3-4,13H2,1-2H3,(H2,14,15). The van der Waals surface area contributed by atoms with Crippen molar-refractivity contribution in [3.8, 4) is 5.75 Å². The molecule has 0 saturated heterocycles. The largest absolute Gasteiger partial charge is 0.478 e. The van der Waals surface area contributed by atoms with E-state index >= 15 is 0 Å². The minimum Gasteiger partial charge on any atom is -0.478 e. The third-order valence-electron chi connectivity index (χ3n) is 2.44.